The van der Waals surface area contributed by atoms with Gasteiger partial charge < -0.3 is 5.11 Å². The number of nitrogens with zero attached hydrogens (tertiary/aromatic N) is 1. The summed E-state index contributed by atoms with van der Waals surface area (Å²) in [6.07, 6.45) is 2.39. The molecule has 0 fully saturated rings. The molecule has 0 unspecified atom stereocenters. The van der Waals surface area contributed by atoms with Crippen LogP contribution in [0, 0.1) is 0 Å². The number of aromatic carboxylic acids is 1. The van der Waals surface area contributed by atoms with E-state index in [1.54, 1.807) is 0 Å². The molecule has 1 aromatic carbocycles. The van der Waals surface area contributed by atoms with Gasteiger partial charge in [-0.25, -0.2) is 13.2 Å². The van der Waals surface area contributed by atoms with Crippen molar-refractivity contribution in [2.75, 3.05) is 4.72 Å². The van der Waals surface area contributed by atoms with Gasteiger partial charge in [0.15, 0.2) is 0 Å². The fourth-order valence-corrected chi connectivity index (χ4v) is 3.25. The maximum absolute atomic E-state index is 12.2. The van der Waals surface area contributed by atoms with E-state index in [1.807, 2.05) is 0 Å². The average molecular weight is 392 g/mol. The van der Waals surface area contributed by atoms with Crippen molar-refractivity contribution in [3.8, 4) is 0 Å². The zero-order chi connectivity index (χ0) is 15.6. The van der Waals surface area contributed by atoms with Crippen LogP contribution in [0.1, 0.15) is 10.4 Å². The van der Waals surface area contributed by atoms with Crippen LogP contribution in [-0.4, -0.2) is 24.5 Å². The van der Waals surface area contributed by atoms with Crippen LogP contribution in [-0.2, 0) is 10.0 Å². The van der Waals surface area contributed by atoms with Crippen molar-refractivity contribution in [2.24, 2.45) is 0 Å². The normalized spacial score (nSPS) is 11.1. The van der Waals surface area contributed by atoms with Crippen LogP contribution >= 0.6 is 27.5 Å². The number of halogens is 2. The van der Waals surface area contributed by atoms with E-state index in [1.165, 1.54) is 30.5 Å². The summed E-state index contributed by atoms with van der Waals surface area (Å²) in [5.41, 5.74) is -0.308. The third kappa shape index (κ3) is 3.52. The summed E-state index contributed by atoms with van der Waals surface area (Å²) in [5.74, 6) is -1.26. The second-order valence-electron chi connectivity index (χ2n) is 3.91. The van der Waals surface area contributed by atoms with Gasteiger partial charge in [-0.2, -0.15) is 0 Å². The lowest BCUT2D eigenvalue weighted by Gasteiger charge is -2.10. The number of carbonyl (C=O) groups is 1. The number of rotatable bonds is 4. The molecule has 0 saturated carbocycles. The Bertz CT molecular complexity index is 811. The van der Waals surface area contributed by atoms with E-state index >= 15 is 0 Å². The van der Waals surface area contributed by atoms with Gasteiger partial charge in [0.05, 0.1) is 27.4 Å². The average Bonchev–Trinajstić information content (AvgIpc) is 2.41. The van der Waals surface area contributed by atoms with Crippen molar-refractivity contribution >= 4 is 49.2 Å². The van der Waals surface area contributed by atoms with E-state index in [0.717, 1.165) is 6.20 Å². The Balaban J connectivity index is 2.42. The Kier molecular flexibility index (Phi) is 4.50. The highest BCUT2D eigenvalue weighted by molar-refractivity contribution is 9.10. The minimum Gasteiger partial charge on any atom is -0.478 e. The lowest BCUT2D eigenvalue weighted by atomic mass is 10.2. The zero-order valence-electron chi connectivity index (χ0n) is 10.2. The Morgan fingerprint density at radius 2 is 2.05 bits per heavy atom. The van der Waals surface area contributed by atoms with Gasteiger partial charge in [-0.1, -0.05) is 11.6 Å². The molecule has 9 heteroatoms. The number of pyridine rings is 1. The maximum atomic E-state index is 12.2. The van der Waals surface area contributed by atoms with Crippen LogP contribution in [0.25, 0.3) is 0 Å². The van der Waals surface area contributed by atoms with Crippen LogP contribution in [0.5, 0.6) is 0 Å². The molecule has 1 aromatic heterocycles. The van der Waals surface area contributed by atoms with E-state index in [2.05, 4.69) is 25.6 Å². The van der Waals surface area contributed by atoms with Gasteiger partial charge in [0, 0.05) is 10.7 Å². The number of aromatic nitrogens is 1. The number of benzene rings is 1. The topological polar surface area (TPSA) is 96.4 Å². The zero-order valence-corrected chi connectivity index (χ0v) is 13.4. The van der Waals surface area contributed by atoms with Crippen molar-refractivity contribution in [1.82, 2.24) is 4.98 Å². The Labute approximate surface area is 134 Å². The summed E-state index contributed by atoms with van der Waals surface area (Å²) in [7, 11) is -3.95. The third-order valence-corrected chi connectivity index (χ3v) is 5.07. The minimum absolute atomic E-state index is 0.0565. The second-order valence-corrected chi connectivity index (χ2v) is 6.85. The molecule has 0 atom stereocenters. The number of carboxylic acids is 1. The van der Waals surface area contributed by atoms with E-state index < -0.39 is 16.0 Å². The van der Waals surface area contributed by atoms with Gasteiger partial charge in [0.2, 0.25) is 0 Å². The summed E-state index contributed by atoms with van der Waals surface area (Å²) in [6.45, 7) is 0. The lowest BCUT2D eigenvalue weighted by molar-refractivity contribution is 0.0698. The Hall–Kier alpha value is -1.64. The highest BCUT2D eigenvalue weighted by Crippen LogP contribution is 2.27. The van der Waals surface area contributed by atoms with Gasteiger partial charge in [-0.3, -0.25) is 9.71 Å². The molecule has 0 radical (unpaired) electrons. The molecule has 6 nitrogen and oxygen atoms in total. The first-order valence-corrected chi connectivity index (χ1v) is 8.12. The Morgan fingerprint density at radius 1 is 1.33 bits per heavy atom. The van der Waals surface area contributed by atoms with Crippen molar-refractivity contribution < 1.29 is 18.3 Å². The van der Waals surface area contributed by atoms with Crippen LogP contribution in [0.3, 0.4) is 0 Å². The summed E-state index contributed by atoms with van der Waals surface area (Å²) < 4.78 is 27.1. The molecule has 2 rings (SSSR count). The first kappa shape index (κ1) is 15.7. The monoisotopic (exact) mass is 390 g/mol. The van der Waals surface area contributed by atoms with Crippen LogP contribution in [0.15, 0.2) is 46.0 Å². The SMILES string of the molecule is O=C(O)c1ccncc1NS(=O)(=O)c1ccc(Cl)c(Br)c1. The molecule has 21 heavy (non-hydrogen) atoms. The number of carboxylic acid groups (broad SMARTS) is 1. The number of nitrogens with one attached hydrogen (secondary N) is 1. The van der Waals surface area contributed by atoms with E-state index in [4.69, 9.17) is 16.7 Å². The summed E-state index contributed by atoms with van der Waals surface area (Å²) in [5, 5.41) is 9.39. The maximum Gasteiger partial charge on any atom is 0.337 e. The fraction of sp³-hybridized carbons (Fsp3) is 0. The number of hydrogen-bond donors (Lipinski definition) is 2. The summed E-state index contributed by atoms with van der Waals surface area (Å²) >= 11 is 8.94. The number of hydrogen-bond acceptors (Lipinski definition) is 4. The molecule has 2 N–H and O–H groups in total. The molecule has 0 bridgehead atoms. The predicted octanol–water partition coefficient (Wildman–Crippen LogP) is 3.00. The molecule has 0 aliphatic rings. The molecule has 1 heterocycles. The molecule has 0 amide bonds. The molecular weight excluding hydrogens is 384 g/mol. The molecular formula is C12H8BrClN2O4S. The highest BCUT2D eigenvalue weighted by Gasteiger charge is 2.19. The lowest BCUT2D eigenvalue weighted by Crippen LogP contribution is -2.15. The molecule has 0 spiro atoms. The predicted molar refractivity (Wildman–Crippen MR) is 81.2 cm³/mol. The van der Waals surface area contributed by atoms with E-state index in [0.29, 0.717) is 9.50 Å². The van der Waals surface area contributed by atoms with Gasteiger partial charge in [0.1, 0.15) is 0 Å². The van der Waals surface area contributed by atoms with Gasteiger partial charge in [-0.05, 0) is 40.2 Å². The summed E-state index contributed by atoms with van der Waals surface area (Å²) in [6, 6.07) is 5.26. The van der Waals surface area contributed by atoms with Crippen LogP contribution in [0.2, 0.25) is 5.02 Å². The standard InChI is InChI=1S/C12H8BrClN2O4S/c13-9-5-7(1-2-10(9)14)21(19,20)16-11-6-15-4-3-8(11)12(17)18/h1-6,16H,(H,17,18). The fourth-order valence-electron chi connectivity index (χ4n) is 1.51. The number of anilines is 1. The second kappa shape index (κ2) is 6.00. The summed E-state index contributed by atoms with van der Waals surface area (Å²) in [4.78, 5) is 14.7. The molecule has 2 aromatic rings. The third-order valence-electron chi connectivity index (χ3n) is 2.50. The molecule has 0 aliphatic carbocycles. The molecule has 0 saturated heterocycles. The van der Waals surface area contributed by atoms with Crippen LogP contribution in [0.4, 0.5) is 5.69 Å². The van der Waals surface area contributed by atoms with E-state index in [9.17, 15) is 13.2 Å². The Morgan fingerprint density at radius 3 is 2.67 bits per heavy atom. The molecule has 110 valence electrons. The molecule has 0 aliphatic heterocycles. The minimum atomic E-state index is -3.95. The highest BCUT2D eigenvalue weighted by atomic mass is 79.9. The van der Waals surface area contributed by atoms with Crippen molar-refractivity contribution in [1.29, 1.82) is 0 Å². The number of sulfonamides is 1. The van der Waals surface area contributed by atoms with Crippen molar-refractivity contribution in [2.45, 2.75) is 4.90 Å². The van der Waals surface area contributed by atoms with E-state index in [-0.39, 0.29) is 16.1 Å². The van der Waals surface area contributed by atoms with Gasteiger partial charge >= 0.3 is 5.97 Å². The smallest absolute Gasteiger partial charge is 0.337 e. The van der Waals surface area contributed by atoms with Crippen LogP contribution < -0.4 is 4.72 Å². The van der Waals surface area contributed by atoms with Crippen molar-refractivity contribution in [3.05, 3.63) is 51.7 Å². The van der Waals surface area contributed by atoms with Gasteiger partial charge in [-0.15, -0.1) is 0 Å². The first-order chi connectivity index (χ1) is 9.81. The first-order valence-electron chi connectivity index (χ1n) is 5.46. The van der Waals surface area contributed by atoms with Gasteiger partial charge in [0.25, 0.3) is 10.0 Å². The van der Waals surface area contributed by atoms with Crippen molar-refractivity contribution in [3.63, 3.8) is 0 Å². The quantitative estimate of drug-likeness (QED) is 0.835. The largest absolute Gasteiger partial charge is 0.478 e.